The summed E-state index contributed by atoms with van der Waals surface area (Å²) in [4.78, 5) is 4.17. The summed E-state index contributed by atoms with van der Waals surface area (Å²) >= 11 is 0. The molecule has 102 valence electrons. The second-order valence-corrected chi connectivity index (χ2v) is 4.68. The van der Waals surface area contributed by atoms with Crippen molar-refractivity contribution in [1.82, 2.24) is 10.3 Å². The van der Waals surface area contributed by atoms with E-state index in [1.165, 1.54) is 31.7 Å². The lowest BCUT2D eigenvalue weighted by molar-refractivity contribution is 0.447. The molecule has 0 fully saturated rings. The molecule has 1 aromatic rings. The van der Waals surface area contributed by atoms with Crippen LogP contribution in [0.4, 0.5) is 4.39 Å². The van der Waals surface area contributed by atoms with Crippen LogP contribution >= 0.6 is 0 Å². The van der Waals surface area contributed by atoms with E-state index < -0.39 is 0 Å². The maximum Gasteiger partial charge on any atom is 0.146 e. The van der Waals surface area contributed by atoms with Crippen LogP contribution in [0.1, 0.15) is 64.1 Å². The second-order valence-electron chi connectivity index (χ2n) is 4.68. The van der Waals surface area contributed by atoms with Gasteiger partial charge in [-0.2, -0.15) is 0 Å². The van der Waals surface area contributed by atoms with Gasteiger partial charge in [0.25, 0.3) is 0 Å². The van der Waals surface area contributed by atoms with E-state index in [9.17, 15) is 4.39 Å². The Bertz CT molecular complexity index is 328. The van der Waals surface area contributed by atoms with Gasteiger partial charge in [0.05, 0.1) is 11.7 Å². The van der Waals surface area contributed by atoms with Gasteiger partial charge in [-0.05, 0) is 25.1 Å². The smallest absolute Gasteiger partial charge is 0.146 e. The number of halogens is 1. The summed E-state index contributed by atoms with van der Waals surface area (Å²) in [5.74, 6) is -0.197. The van der Waals surface area contributed by atoms with E-state index in [1.807, 2.05) is 6.92 Å². The first-order chi connectivity index (χ1) is 8.79. The minimum atomic E-state index is -0.197. The second kappa shape index (κ2) is 9.03. The fourth-order valence-electron chi connectivity index (χ4n) is 2.19. The first kappa shape index (κ1) is 15.1. The lowest BCUT2D eigenvalue weighted by Crippen LogP contribution is -2.23. The maximum atomic E-state index is 13.7. The Kier molecular flexibility index (Phi) is 7.58. The fraction of sp³-hybridized carbons (Fsp3) is 0.667. The minimum absolute atomic E-state index is 0.0535. The quantitative estimate of drug-likeness (QED) is 0.665. The van der Waals surface area contributed by atoms with Gasteiger partial charge in [-0.25, -0.2) is 4.39 Å². The zero-order chi connectivity index (χ0) is 13.2. The Morgan fingerprint density at radius 2 is 2.00 bits per heavy atom. The third-order valence-electron chi connectivity index (χ3n) is 3.16. The Labute approximate surface area is 110 Å². The van der Waals surface area contributed by atoms with Crippen LogP contribution in [-0.2, 0) is 0 Å². The highest BCUT2D eigenvalue weighted by molar-refractivity contribution is 5.11. The Morgan fingerprint density at radius 1 is 1.22 bits per heavy atom. The molecular weight excluding hydrogens is 227 g/mol. The molecule has 1 atom stereocenters. The van der Waals surface area contributed by atoms with Crippen molar-refractivity contribution >= 4 is 0 Å². The Hall–Kier alpha value is -0.960. The third-order valence-corrected chi connectivity index (χ3v) is 3.16. The third kappa shape index (κ3) is 5.13. The zero-order valence-corrected chi connectivity index (χ0v) is 11.6. The van der Waals surface area contributed by atoms with Crippen molar-refractivity contribution in [2.45, 2.75) is 58.4 Å². The summed E-state index contributed by atoms with van der Waals surface area (Å²) in [5.41, 5.74) is 0.565. The first-order valence-electron chi connectivity index (χ1n) is 7.13. The van der Waals surface area contributed by atoms with Crippen molar-refractivity contribution in [1.29, 1.82) is 0 Å². The van der Waals surface area contributed by atoms with E-state index in [1.54, 1.807) is 12.3 Å². The van der Waals surface area contributed by atoms with Crippen LogP contribution < -0.4 is 5.32 Å². The van der Waals surface area contributed by atoms with Crippen molar-refractivity contribution in [3.05, 3.63) is 29.8 Å². The zero-order valence-electron chi connectivity index (χ0n) is 11.6. The van der Waals surface area contributed by atoms with E-state index in [0.717, 1.165) is 19.4 Å². The van der Waals surface area contributed by atoms with Gasteiger partial charge in [0.2, 0.25) is 0 Å². The number of nitrogens with zero attached hydrogens (tertiary/aromatic N) is 1. The molecule has 2 nitrogen and oxygen atoms in total. The highest BCUT2D eigenvalue weighted by Gasteiger charge is 2.15. The highest BCUT2D eigenvalue weighted by atomic mass is 19.1. The van der Waals surface area contributed by atoms with E-state index in [2.05, 4.69) is 17.2 Å². The van der Waals surface area contributed by atoms with Crippen LogP contribution in [0.5, 0.6) is 0 Å². The van der Waals surface area contributed by atoms with Crippen LogP contribution in [0.15, 0.2) is 18.3 Å². The first-order valence-corrected chi connectivity index (χ1v) is 7.13. The number of unbranched alkanes of at least 4 members (excludes halogenated alkanes) is 4. The van der Waals surface area contributed by atoms with E-state index in [4.69, 9.17) is 0 Å². The molecule has 1 aromatic heterocycles. The molecule has 0 spiro atoms. The molecule has 18 heavy (non-hydrogen) atoms. The number of hydrogen-bond donors (Lipinski definition) is 1. The topological polar surface area (TPSA) is 24.9 Å². The average Bonchev–Trinajstić information content (AvgIpc) is 2.38. The van der Waals surface area contributed by atoms with Gasteiger partial charge in [0.1, 0.15) is 5.82 Å². The molecule has 0 saturated carbocycles. The van der Waals surface area contributed by atoms with Gasteiger partial charge < -0.3 is 5.32 Å². The van der Waals surface area contributed by atoms with Gasteiger partial charge >= 0.3 is 0 Å². The van der Waals surface area contributed by atoms with E-state index in [0.29, 0.717) is 5.69 Å². The van der Waals surface area contributed by atoms with Crippen LogP contribution in [0.25, 0.3) is 0 Å². The standard InChI is InChI=1S/C15H25FN2/c1-3-5-6-7-8-11-14(17-4-2)15-13(16)10-9-12-18-15/h9-10,12,14,17H,3-8,11H2,1-2H3. The SMILES string of the molecule is CCCCCCCC(NCC)c1ncccc1F. The van der Waals surface area contributed by atoms with Crippen LogP contribution in [-0.4, -0.2) is 11.5 Å². The van der Waals surface area contributed by atoms with Crippen molar-refractivity contribution < 1.29 is 4.39 Å². The molecule has 1 unspecified atom stereocenters. The molecule has 0 aliphatic heterocycles. The van der Waals surface area contributed by atoms with Crippen LogP contribution in [0.2, 0.25) is 0 Å². The van der Waals surface area contributed by atoms with Crippen molar-refractivity contribution in [2.75, 3.05) is 6.54 Å². The number of pyridine rings is 1. The van der Waals surface area contributed by atoms with Gasteiger partial charge in [0, 0.05) is 6.20 Å². The normalized spacial score (nSPS) is 12.6. The summed E-state index contributed by atoms with van der Waals surface area (Å²) in [7, 11) is 0. The largest absolute Gasteiger partial charge is 0.309 e. The van der Waals surface area contributed by atoms with Crippen molar-refractivity contribution in [3.8, 4) is 0 Å². The summed E-state index contributed by atoms with van der Waals surface area (Å²) in [5, 5.41) is 3.33. The minimum Gasteiger partial charge on any atom is -0.309 e. The van der Waals surface area contributed by atoms with Gasteiger partial charge in [-0.3, -0.25) is 4.98 Å². The lowest BCUT2D eigenvalue weighted by atomic mass is 10.0. The van der Waals surface area contributed by atoms with Crippen LogP contribution in [0.3, 0.4) is 0 Å². The summed E-state index contributed by atoms with van der Waals surface area (Å²) in [6.07, 6.45) is 8.82. The molecule has 0 amide bonds. The maximum absolute atomic E-state index is 13.7. The Morgan fingerprint density at radius 3 is 2.67 bits per heavy atom. The van der Waals surface area contributed by atoms with Gasteiger partial charge in [-0.1, -0.05) is 46.0 Å². The van der Waals surface area contributed by atoms with E-state index >= 15 is 0 Å². The number of nitrogens with one attached hydrogen (secondary N) is 1. The van der Waals surface area contributed by atoms with Gasteiger partial charge in [0.15, 0.2) is 0 Å². The highest BCUT2D eigenvalue weighted by Crippen LogP contribution is 2.20. The molecule has 0 saturated heterocycles. The number of hydrogen-bond acceptors (Lipinski definition) is 2. The van der Waals surface area contributed by atoms with Crippen molar-refractivity contribution in [2.24, 2.45) is 0 Å². The average molecular weight is 252 g/mol. The molecule has 0 aliphatic rings. The number of aromatic nitrogens is 1. The van der Waals surface area contributed by atoms with Crippen molar-refractivity contribution in [3.63, 3.8) is 0 Å². The molecule has 0 bridgehead atoms. The Balaban J connectivity index is 2.47. The predicted octanol–water partition coefficient (Wildman–Crippen LogP) is 4.23. The number of rotatable bonds is 9. The lowest BCUT2D eigenvalue weighted by Gasteiger charge is -2.17. The molecule has 0 aromatic carbocycles. The van der Waals surface area contributed by atoms with Gasteiger partial charge in [-0.15, -0.1) is 0 Å². The molecule has 1 rings (SSSR count). The molecule has 0 aliphatic carbocycles. The molecule has 0 radical (unpaired) electrons. The monoisotopic (exact) mass is 252 g/mol. The predicted molar refractivity (Wildman–Crippen MR) is 74.0 cm³/mol. The van der Waals surface area contributed by atoms with E-state index in [-0.39, 0.29) is 11.9 Å². The molecule has 1 heterocycles. The molecule has 3 heteroatoms. The summed E-state index contributed by atoms with van der Waals surface area (Å²) in [6.45, 7) is 5.10. The van der Waals surface area contributed by atoms with Crippen LogP contribution in [0, 0.1) is 5.82 Å². The molecule has 1 N–H and O–H groups in total. The fourth-order valence-corrected chi connectivity index (χ4v) is 2.19. The molecular formula is C15H25FN2. The summed E-state index contributed by atoms with van der Waals surface area (Å²) < 4.78 is 13.7. The summed E-state index contributed by atoms with van der Waals surface area (Å²) in [6, 6.07) is 3.19.